The van der Waals surface area contributed by atoms with Gasteiger partial charge in [0.15, 0.2) is 5.16 Å². The third-order valence-corrected chi connectivity index (χ3v) is 4.73. The lowest BCUT2D eigenvalue weighted by atomic mass is 10.1. The van der Waals surface area contributed by atoms with Crippen LogP contribution in [-0.2, 0) is 4.74 Å². The fraction of sp³-hybridized carbons (Fsp3) is 0.643. The number of aromatic nitrogens is 2. The molecule has 0 amide bonds. The number of nitrogens with zero attached hydrogens (tertiary/aromatic N) is 2. The van der Waals surface area contributed by atoms with Gasteiger partial charge in [0.25, 0.3) is 0 Å². The first-order valence-corrected chi connectivity index (χ1v) is 8.14. The Labute approximate surface area is 128 Å². The van der Waals surface area contributed by atoms with Gasteiger partial charge >= 0.3 is 5.97 Å². The number of thioether (sulfide) groups is 1. The number of rotatable bonds is 4. The van der Waals surface area contributed by atoms with Crippen LogP contribution >= 0.6 is 11.8 Å². The molecule has 1 aromatic heterocycles. The van der Waals surface area contributed by atoms with Gasteiger partial charge in [-0.3, -0.25) is 0 Å². The van der Waals surface area contributed by atoms with E-state index >= 15 is 0 Å². The number of aliphatic hydroxyl groups excluding tert-OH is 1. The van der Waals surface area contributed by atoms with Crippen LogP contribution in [0.4, 0.5) is 5.82 Å². The quantitative estimate of drug-likeness (QED) is 0.498. The maximum atomic E-state index is 11.6. The minimum Gasteiger partial charge on any atom is -0.462 e. The molecule has 0 aliphatic heterocycles. The Morgan fingerprint density at radius 3 is 2.95 bits per heavy atom. The summed E-state index contributed by atoms with van der Waals surface area (Å²) in [4.78, 5) is 20.0. The summed E-state index contributed by atoms with van der Waals surface area (Å²) in [7, 11) is 0. The summed E-state index contributed by atoms with van der Waals surface area (Å²) < 4.78 is 4.89. The molecule has 1 fully saturated rings. The van der Waals surface area contributed by atoms with E-state index in [2.05, 4.69) is 9.97 Å². The summed E-state index contributed by atoms with van der Waals surface area (Å²) in [6, 6.07) is 0. The first-order valence-electron chi connectivity index (χ1n) is 7.26. The Bertz CT molecular complexity index is 498. The second-order valence-corrected chi connectivity index (χ2v) is 6.24. The summed E-state index contributed by atoms with van der Waals surface area (Å²) in [5, 5.41) is 10.7. The molecule has 1 saturated carbocycles. The lowest BCUT2D eigenvalue weighted by Gasteiger charge is -2.18. The monoisotopic (exact) mass is 311 g/mol. The van der Waals surface area contributed by atoms with E-state index in [4.69, 9.17) is 10.5 Å². The van der Waals surface area contributed by atoms with Gasteiger partial charge < -0.3 is 15.6 Å². The second-order valence-electron chi connectivity index (χ2n) is 5.03. The van der Waals surface area contributed by atoms with E-state index in [1.807, 2.05) is 0 Å². The highest BCUT2D eigenvalue weighted by Crippen LogP contribution is 2.31. The van der Waals surface area contributed by atoms with Crippen LogP contribution in [-0.4, -0.2) is 39.0 Å². The normalized spacial score (nSPS) is 22.6. The standard InChI is InChI=1S/C14H21N3O3S/c1-2-20-13(19)9-8-16-14(17-12(9)15)21-11-7-5-3-4-6-10(11)18/h8,10-11,18H,2-7H2,1H3,(H2,15,16,17). The predicted molar refractivity (Wildman–Crippen MR) is 81.1 cm³/mol. The predicted octanol–water partition coefficient (Wildman–Crippen LogP) is 2.02. The summed E-state index contributed by atoms with van der Waals surface area (Å²) in [5.41, 5.74) is 5.98. The molecule has 2 rings (SSSR count). The highest BCUT2D eigenvalue weighted by molar-refractivity contribution is 7.99. The molecule has 1 aliphatic rings. The first kappa shape index (κ1) is 16.0. The number of nitrogen functional groups attached to an aromatic ring is 1. The van der Waals surface area contributed by atoms with E-state index in [0.717, 1.165) is 32.1 Å². The van der Waals surface area contributed by atoms with Crippen molar-refractivity contribution in [1.29, 1.82) is 0 Å². The summed E-state index contributed by atoms with van der Waals surface area (Å²) in [6.45, 7) is 2.01. The topological polar surface area (TPSA) is 98.3 Å². The van der Waals surface area contributed by atoms with Crippen LogP contribution in [0.1, 0.15) is 49.4 Å². The van der Waals surface area contributed by atoms with Crippen molar-refractivity contribution in [3.8, 4) is 0 Å². The van der Waals surface area contributed by atoms with Crippen LogP contribution in [0.2, 0.25) is 0 Å². The summed E-state index contributed by atoms with van der Waals surface area (Å²) in [5.74, 6) is -0.393. The number of hydrogen-bond acceptors (Lipinski definition) is 7. The molecule has 2 unspecified atom stereocenters. The summed E-state index contributed by atoms with van der Waals surface area (Å²) >= 11 is 1.43. The van der Waals surface area contributed by atoms with E-state index in [-0.39, 0.29) is 29.3 Å². The van der Waals surface area contributed by atoms with Crippen molar-refractivity contribution in [2.24, 2.45) is 0 Å². The number of ether oxygens (including phenoxy) is 1. The zero-order valence-electron chi connectivity index (χ0n) is 12.1. The van der Waals surface area contributed by atoms with Crippen molar-refractivity contribution in [3.63, 3.8) is 0 Å². The molecule has 7 heteroatoms. The lowest BCUT2D eigenvalue weighted by Crippen LogP contribution is -2.21. The van der Waals surface area contributed by atoms with E-state index in [9.17, 15) is 9.90 Å². The van der Waals surface area contributed by atoms with Gasteiger partial charge in [0.2, 0.25) is 0 Å². The molecule has 21 heavy (non-hydrogen) atoms. The van der Waals surface area contributed by atoms with Crippen molar-refractivity contribution in [1.82, 2.24) is 9.97 Å². The molecule has 0 bridgehead atoms. The Morgan fingerprint density at radius 1 is 1.48 bits per heavy atom. The molecular formula is C14H21N3O3S. The van der Waals surface area contributed by atoms with Gasteiger partial charge in [-0.1, -0.05) is 31.0 Å². The van der Waals surface area contributed by atoms with Crippen molar-refractivity contribution in [3.05, 3.63) is 11.8 Å². The van der Waals surface area contributed by atoms with Gasteiger partial charge in [0.1, 0.15) is 11.4 Å². The van der Waals surface area contributed by atoms with Crippen LogP contribution in [0.3, 0.4) is 0 Å². The first-order chi connectivity index (χ1) is 10.1. The number of hydrogen-bond donors (Lipinski definition) is 2. The largest absolute Gasteiger partial charge is 0.462 e. The fourth-order valence-electron chi connectivity index (χ4n) is 2.33. The molecule has 1 heterocycles. The molecule has 0 saturated heterocycles. The third kappa shape index (κ3) is 4.31. The van der Waals surface area contributed by atoms with Gasteiger partial charge in [-0.25, -0.2) is 14.8 Å². The number of carbonyl (C=O) groups excluding carboxylic acids is 1. The van der Waals surface area contributed by atoms with Crippen molar-refractivity contribution < 1.29 is 14.6 Å². The molecular weight excluding hydrogens is 290 g/mol. The molecule has 0 aromatic carbocycles. The molecule has 6 nitrogen and oxygen atoms in total. The van der Waals surface area contributed by atoms with Gasteiger partial charge in [-0.15, -0.1) is 0 Å². The van der Waals surface area contributed by atoms with Crippen LogP contribution in [0, 0.1) is 0 Å². The third-order valence-electron chi connectivity index (χ3n) is 3.47. The summed E-state index contributed by atoms with van der Waals surface area (Å²) in [6.07, 6.45) is 6.12. The van der Waals surface area contributed by atoms with Crippen LogP contribution in [0.25, 0.3) is 0 Å². The zero-order chi connectivity index (χ0) is 15.2. The average molecular weight is 311 g/mol. The van der Waals surface area contributed by atoms with E-state index < -0.39 is 5.97 Å². The molecule has 1 aliphatic carbocycles. The lowest BCUT2D eigenvalue weighted by molar-refractivity contribution is 0.0526. The Hall–Kier alpha value is -1.34. The maximum absolute atomic E-state index is 11.6. The minimum absolute atomic E-state index is 0.0837. The highest BCUT2D eigenvalue weighted by Gasteiger charge is 2.24. The molecule has 1 aromatic rings. The number of carbonyl (C=O) groups is 1. The minimum atomic E-state index is -0.513. The number of esters is 1. The SMILES string of the molecule is CCOC(=O)c1cnc(SC2CCCCCC2O)nc1N. The Morgan fingerprint density at radius 2 is 2.24 bits per heavy atom. The number of aliphatic hydroxyl groups is 1. The van der Waals surface area contributed by atoms with Crippen molar-refractivity contribution >= 4 is 23.5 Å². The van der Waals surface area contributed by atoms with Gasteiger partial charge in [0, 0.05) is 11.4 Å². The van der Waals surface area contributed by atoms with E-state index in [0.29, 0.717) is 5.16 Å². The molecule has 116 valence electrons. The average Bonchev–Trinajstić information content (AvgIpc) is 2.64. The molecule has 2 atom stereocenters. The molecule has 0 radical (unpaired) electrons. The highest BCUT2D eigenvalue weighted by atomic mass is 32.2. The van der Waals surface area contributed by atoms with Crippen LogP contribution < -0.4 is 5.73 Å². The van der Waals surface area contributed by atoms with Crippen LogP contribution in [0.15, 0.2) is 11.4 Å². The fourth-order valence-corrected chi connectivity index (χ4v) is 3.44. The van der Waals surface area contributed by atoms with E-state index in [1.165, 1.54) is 18.0 Å². The van der Waals surface area contributed by atoms with Crippen molar-refractivity contribution in [2.45, 2.75) is 55.5 Å². The molecule has 0 spiro atoms. The second kappa shape index (κ2) is 7.61. The molecule has 3 N–H and O–H groups in total. The maximum Gasteiger partial charge on any atom is 0.343 e. The van der Waals surface area contributed by atoms with E-state index in [1.54, 1.807) is 6.92 Å². The van der Waals surface area contributed by atoms with Crippen molar-refractivity contribution in [2.75, 3.05) is 12.3 Å². The number of nitrogens with two attached hydrogens (primary N) is 1. The Kier molecular flexibility index (Phi) is 5.81. The van der Waals surface area contributed by atoms with Gasteiger partial charge in [-0.2, -0.15) is 0 Å². The van der Waals surface area contributed by atoms with Gasteiger partial charge in [-0.05, 0) is 19.8 Å². The number of anilines is 1. The Balaban J connectivity index is 2.07. The zero-order valence-corrected chi connectivity index (χ0v) is 12.9. The van der Waals surface area contributed by atoms with Crippen LogP contribution in [0.5, 0.6) is 0 Å². The smallest absolute Gasteiger partial charge is 0.343 e. The van der Waals surface area contributed by atoms with Gasteiger partial charge in [0.05, 0.1) is 12.7 Å².